The minimum absolute atomic E-state index is 0.0683. The van der Waals surface area contributed by atoms with Crippen LogP contribution in [0, 0.1) is 6.92 Å². The van der Waals surface area contributed by atoms with Gasteiger partial charge >= 0.3 is 0 Å². The maximum Gasteiger partial charge on any atom is 0.296 e. The minimum atomic E-state index is -0.721. The molecule has 0 aliphatic carbocycles. The molecule has 0 bridgehead atoms. The summed E-state index contributed by atoms with van der Waals surface area (Å²) in [6.45, 7) is 1.72. The molecule has 5 rings (SSSR count). The number of aryl methyl sites for hydroxylation is 1. The van der Waals surface area contributed by atoms with Crippen molar-refractivity contribution in [2.75, 3.05) is 4.90 Å². The Balaban J connectivity index is 1.86. The highest BCUT2D eigenvalue weighted by molar-refractivity contribution is 6.38. The van der Waals surface area contributed by atoms with Gasteiger partial charge in [0.25, 0.3) is 5.91 Å². The Bertz CT molecular complexity index is 1340. The zero-order valence-corrected chi connectivity index (χ0v) is 16.5. The van der Waals surface area contributed by atoms with Crippen molar-refractivity contribution in [3.63, 3.8) is 0 Å². The Hall–Kier alpha value is -3.09. The van der Waals surface area contributed by atoms with Gasteiger partial charge in [-0.15, -0.1) is 0 Å². The number of rotatable bonds is 2. The molecule has 4 aromatic rings. The zero-order valence-electron chi connectivity index (χ0n) is 15.0. The van der Waals surface area contributed by atoms with Crippen molar-refractivity contribution in [3.8, 4) is 0 Å². The number of nitrogens with zero attached hydrogens (tertiary/aromatic N) is 2. The van der Waals surface area contributed by atoms with Crippen molar-refractivity contribution < 1.29 is 13.7 Å². The molecule has 0 saturated carbocycles. The van der Waals surface area contributed by atoms with Gasteiger partial charge in [-0.1, -0.05) is 58.7 Å². The Labute approximate surface area is 174 Å². The Morgan fingerprint density at radius 3 is 2.52 bits per heavy atom. The Kier molecular flexibility index (Phi) is 4.01. The molecule has 6 nitrogen and oxygen atoms in total. The van der Waals surface area contributed by atoms with Crippen LogP contribution < -0.4 is 10.3 Å². The highest BCUT2D eigenvalue weighted by Gasteiger charge is 2.45. The number of amides is 1. The fraction of sp³-hybridized carbons (Fsp3) is 0.0952. The second-order valence-electron chi connectivity index (χ2n) is 6.72. The third-order valence-corrected chi connectivity index (χ3v) is 5.37. The quantitative estimate of drug-likeness (QED) is 0.443. The number of hydrogen-bond donors (Lipinski definition) is 0. The van der Waals surface area contributed by atoms with E-state index in [2.05, 4.69) is 5.16 Å². The first-order valence-electron chi connectivity index (χ1n) is 8.73. The molecule has 144 valence electrons. The summed E-state index contributed by atoms with van der Waals surface area (Å²) in [5.74, 6) is 0.267. The van der Waals surface area contributed by atoms with Crippen molar-refractivity contribution in [2.45, 2.75) is 13.0 Å². The van der Waals surface area contributed by atoms with Crippen LogP contribution in [0.15, 0.2) is 62.3 Å². The lowest BCUT2D eigenvalue weighted by molar-refractivity contribution is 0.0969. The van der Waals surface area contributed by atoms with Gasteiger partial charge in [0.2, 0.25) is 5.76 Å². The fourth-order valence-corrected chi connectivity index (χ4v) is 4.19. The molecule has 1 aliphatic heterocycles. The van der Waals surface area contributed by atoms with Crippen LogP contribution >= 0.6 is 23.2 Å². The van der Waals surface area contributed by atoms with E-state index in [-0.39, 0.29) is 32.7 Å². The molecule has 2 aromatic heterocycles. The van der Waals surface area contributed by atoms with Crippen LogP contribution in [0.1, 0.15) is 33.5 Å². The molecule has 0 unspecified atom stereocenters. The van der Waals surface area contributed by atoms with E-state index in [0.717, 1.165) is 5.56 Å². The number of fused-ring (bicyclic) bond motifs is 2. The molecule has 0 radical (unpaired) electrons. The van der Waals surface area contributed by atoms with E-state index in [1.165, 1.54) is 17.0 Å². The lowest BCUT2D eigenvalue weighted by atomic mass is 9.98. The average Bonchev–Trinajstić information content (AvgIpc) is 3.25. The van der Waals surface area contributed by atoms with Crippen LogP contribution in [0.2, 0.25) is 10.0 Å². The first kappa shape index (κ1) is 18.0. The number of aromatic nitrogens is 1. The molecular weight excluding hydrogens is 415 g/mol. The molecule has 2 aromatic carbocycles. The van der Waals surface area contributed by atoms with Gasteiger partial charge in [0, 0.05) is 11.1 Å². The SMILES string of the molecule is Cc1cc(N2C(=O)c3oc4c(Cl)cc(Cl)cc4c(=O)c3[C@@H]2c2ccccc2)no1. The van der Waals surface area contributed by atoms with Gasteiger partial charge in [0.1, 0.15) is 5.76 Å². The van der Waals surface area contributed by atoms with Crippen molar-refractivity contribution in [1.29, 1.82) is 0 Å². The monoisotopic (exact) mass is 426 g/mol. The molecule has 0 saturated heterocycles. The van der Waals surface area contributed by atoms with Gasteiger partial charge in [-0.3, -0.25) is 14.5 Å². The largest absolute Gasteiger partial charge is 0.449 e. The topological polar surface area (TPSA) is 76.6 Å². The third-order valence-electron chi connectivity index (χ3n) is 4.87. The second kappa shape index (κ2) is 6.47. The van der Waals surface area contributed by atoms with E-state index in [0.29, 0.717) is 16.6 Å². The van der Waals surface area contributed by atoms with Crippen molar-refractivity contribution in [3.05, 3.63) is 91.4 Å². The van der Waals surface area contributed by atoms with Crippen LogP contribution in [0.4, 0.5) is 5.82 Å². The van der Waals surface area contributed by atoms with Crippen LogP contribution in [0.5, 0.6) is 0 Å². The molecule has 29 heavy (non-hydrogen) atoms. The first-order valence-corrected chi connectivity index (χ1v) is 9.49. The Morgan fingerprint density at radius 1 is 1.07 bits per heavy atom. The van der Waals surface area contributed by atoms with E-state index in [4.69, 9.17) is 32.1 Å². The second-order valence-corrected chi connectivity index (χ2v) is 7.57. The number of anilines is 1. The van der Waals surface area contributed by atoms with Crippen LogP contribution in [0.3, 0.4) is 0 Å². The maximum atomic E-state index is 13.4. The van der Waals surface area contributed by atoms with E-state index in [1.54, 1.807) is 13.0 Å². The van der Waals surface area contributed by atoms with E-state index in [9.17, 15) is 9.59 Å². The molecule has 0 N–H and O–H groups in total. The maximum absolute atomic E-state index is 13.4. The summed E-state index contributed by atoms with van der Waals surface area (Å²) in [5.41, 5.74) is 0.710. The molecule has 0 spiro atoms. The standard InChI is InChI=1S/C21H12Cl2N2O4/c1-10-7-15(24-29-10)25-17(11-5-3-2-4-6-11)16-18(26)13-8-12(22)9-14(23)19(13)28-20(16)21(25)27/h2-9,17H,1H3/t17-/m0/s1. The minimum Gasteiger partial charge on any atom is -0.449 e. The predicted molar refractivity (Wildman–Crippen MR) is 109 cm³/mol. The van der Waals surface area contributed by atoms with E-state index >= 15 is 0 Å². The summed E-state index contributed by atoms with van der Waals surface area (Å²) in [7, 11) is 0. The summed E-state index contributed by atoms with van der Waals surface area (Å²) in [4.78, 5) is 28.1. The molecule has 8 heteroatoms. The molecule has 3 heterocycles. The fourth-order valence-electron chi connectivity index (χ4n) is 3.66. The molecule has 1 atom stereocenters. The summed E-state index contributed by atoms with van der Waals surface area (Å²) in [6.07, 6.45) is 0. The highest BCUT2D eigenvalue weighted by atomic mass is 35.5. The molecule has 1 aliphatic rings. The summed E-state index contributed by atoms with van der Waals surface area (Å²) >= 11 is 12.3. The lowest BCUT2D eigenvalue weighted by Gasteiger charge is -2.22. The van der Waals surface area contributed by atoms with Crippen molar-refractivity contribution in [1.82, 2.24) is 5.16 Å². The normalized spacial score (nSPS) is 15.9. The third kappa shape index (κ3) is 2.68. The van der Waals surface area contributed by atoms with Crippen LogP contribution in [-0.2, 0) is 0 Å². The van der Waals surface area contributed by atoms with Gasteiger partial charge in [-0.2, -0.15) is 0 Å². The molecule has 1 amide bonds. The Morgan fingerprint density at radius 2 is 1.83 bits per heavy atom. The number of carbonyl (C=O) groups excluding carboxylic acids is 1. The van der Waals surface area contributed by atoms with Gasteiger partial charge in [0.05, 0.1) is 22.0 Å². The summed E-state index contributed by atoms with van der Waals surface area (Å²) in [5, 5.41) is 4.66. The average molecular weight is 427 g/mol. The van der Waals surface area contributed by atoms with Gasteiger partial charge in [-0.25, -0.2) is 0 Å². The number of carbonyl (C=O) groups is 1. The van der Waals surface area contributed by atoms with E-state index < -0.39 is 11.9 Å². The lowest BCUT2D eigenvalue weighted by Crippen LogP contribution is -2.29. The highest BCUT2D eigenvalue weighted by Crippen LogP contribution is 2.41. The van der Waals surface area contributed by atoms with Gasteiger partial charge < -0.3 is 8.94 Å². The van der Waals surface area contributed by atoms with Crippen molar-refractivity contribution in [2.24, 2.45) is 0 Å². The first-order chi connectivity index (χ1) is 14.0. The smallest absolute Gasteiger partial charge is 0.296 e. The van der Waals surface area contributed by atoms with E-state index in [1.807, 2.05) is 30.3 Å². The van der Waals surface area contributed by atoms with Gasteiger partial charge in [-0.05, 0) is 24.6 Å². The summed E-state index contributed by atoms with van der Waals surface area (Å²) < 4.78 is 11.0. The van der Waals surface area contributed by atoms with Crippen molar-refractivity contribution >= 4 is 45.9 Å². The predicted octanol–water partition coefficient (Wildman–Crippen LogP) is 5.15. The molecule has 0 fully saturated rings. The van der Waals surface area contributed by atoms with Gasteiger partial charge in [0.15, 0.2) is 16.8 Å². The molecular formula is C21H12Cl2N2O4. The summed E-state index contributed by atoms with van der Waals surface area (Å²) in [6, 6.07) is 13.1. The zero-order chi connectivity index (χ0) is 20.3. The van der Waals surface area contributed by atoms with Crippen LogP contribution in [0.25, 0.3) is 11.0 Å². The van der Waals surface area contributed by atoms with Crippen LogP contribution in [-0.4, -0.2) is 11.1 Å². The number of hydrogen-bond acceptors (Lipinski definition) is 5. The number of benzene rings is 2. The number of halogens is 2.